The second-order valence-corrected chi connectivity index (χ2v) is 8.97. The third-order valence-electron chi connectivity index (χ3n) is 6.03. The number of aromatic nitrogens is 2. The Kier molecular flexibility index (Phi) is 6.12. The van der Waals surface area contributed by atoms with Crippen molar-refractivity contribution in [3.05, 3.63) is 83.8 Å². The molecule has 1 aliphatic heterocycles. The SMILES string of the molecule is CCOC(=O)C1=C(C)N=c2s/c(=C/c3cc(C)n(C)c3C)c(=O)n2[C@H]1c1cccc(OC)c1. The van der Waals surface area contributed by atoms with Crippen molar-refractivity contribution in [1.82, 2.24) is 9.13 Å². The molecule has 2 aromatic heterocycles. The first-order valence-corrected chi connectivity index (χ1v) is 11.5. The van der Waals surface area contributed by atoms with E-state index in [1.807, 2.05) is 51.2 Å². The molecular formula is C25H27N3O4S. The maximum Gasteiger partial charge on any atom is 0.338 e. The number of esters is 1. The van der Waals surface area contributed by atoms with E-state index in [0.717, 1.165) is 22.5 Å². The van der Waals surface area contributed by atoms with Gasteiger partial charge in [-0.25, -0.2) is 9.79 Å². The highest BCUT2D eigenvalue weighted by Gasteiger charge is 2.33. The minimum Gasteiger partial charge on any atom is -0.497 e. The summed E-state index contributed by atoms with van der Waals surface area (Å²) in [5.74, 6) is 0.165. The van der Waals surface area contributed by atoms with Gasteiger partial charge in [-0.2, -0.15) is 0 Å². The van der Waals surface area contributed by atoms with Crippen LogP contribution in [0.1, 0.15) is 42.4 Å². The number of carbonyl (C=O) groups excluding carboxylic acids is 1. The first-order chi connectivity index (χ1) is 15.8. The molecule has 33 heavy (non-hydrogen) atoms. The third kappa shape index (κ3) is 3.95. The number of thiazole rings is 1. The van der Waals surface area contributed by atoms with Gasteiger partial charge in [0.05, 0.1) is 35.6 Å². The van der Waals surface area contributed by atoms with E-state index in [1.165, 1.54) is 11.3 Å². The van der Waals surface area contributed by atoms with Gasteiger partial charge in [0.2, 0.25) is 0 Å². The topological polar surface area (TPSA) is 74.8 Å². The van der Waals surface area contributed by atoms with E-state index in [-0.39, 0.29) is 12.2 Å². The largest absolute Gasteiger partial charge is 0.497 e. The van der Waals surface area contributed by atoms with Crippen LogP contribution in [0.2, 0.25) is 0 Å². The number of hydrogen-bond acceptors (Lipinski definition) is 6. The van der Waals surface area contributed by atoms with Crippen molar-refractivity contribution in [2.45, 2.75) is 33.7 Å². The summed E-state index contributed by atoms with van der Waals surface area (Å²) >= 11 is 1.32. The first-order valence-electron chi connectivity index (χ1n) is 10.7. The molecule has 3 aromatic rings. The van der Waals surface area contributed by atoms with Crippen LogP contribution in [-0.2, 0) is 16.6 Å². The number of hydrogen-bond donors (Lipinski definition) is 0. The molecule has 0 unspecified atom stereocenters. The molecule has 1 aromatic carbocycles. The van der Waals surface area contributed by atoms with Crippen molar-refractivity contribution in [1.29, 1.82) is 0 Å². The lowest BCUT2D eigenvalue weighted by atomic mass is 9.95. The van der Waals surface area contributed by atoms with Gasteiger partial charge in [0.1, 0.15) is 5.75 Å². The highest BCUT2D eigenvalue weighted by Crippen LogP contribution is 2.32. The van der Waals surface area contributed by atoms with Crippen LogP contribution >= 0.6 is 11.3 Å². The monoisotopic (exact) mass is 465 g/mol. The van der Waals surface area contributed by atoms with Crippen molar-refractivity contribution in [3.63, 3.8) is 0 Å². The van der Waals surface area contributed by atoms with E-state index < -0.39 is 12.0 Å². The Morgan fingerprint density at radius 2 is 2.00 bits per heavy atom. The maximum absolute atomic E-state index is 13.7. The molecular weight excluding hydrogens is 438 g/mol. The molecule has 0 saturated heterocycles. The van der Waals surface area contributed by atoms with Crippen LogP contribution in [0, 0.1) is 13.8 Å². The fourth-order valence-electron chi connectivity index (χ4n) is 4.09. The van der Waals surface area contributed by atoms with Gasteiger partial charge < -0.3 is 14.0 Å². The number of rotatable bonds is 5. The predicted octanol–water partition coefficient (Wildman–Crippen LogP) is 2.76. The fraction of sp³-hybridized carbons (Fsp3) is 0.320. The molecule has 1 atom stereocenters. The van der Waals surface area contributed by atoms with Crippen LogP contribution < -0.4 is 19.6 Å². The number of benzene rings is 1. The Balaban J connectivity index is 1.98. The van der Waals surface area contributed by atoms with E-state index in [0.29, 0.717) is 26.4 Å². The molecule has 7 nitrogen and oxygen atoms in total. The fourth-order valence-corrected chi connectivity index (χ4v) is 5.13. The lowest BCUT2D eigenvalue weighted by molar-refractivity contribution is -0.139. The van der Waals surface area contributed by atoms with Gasteiger partial charge in [0.25, 0.3) is 5.56 Å². The molecule has 0 fully saturated rings. The zero-order chi connectivity index (χ0) is 23.9. The summed E-state index contributed by atoms with van der Waals surface area (Å²) in [6.07, 6.45) is 1.90. The Bertz CT molecular complexity index is 1460. The van der Waals surface area contributed by atoms with Gasteiger partial charge in [0.15, 0.2) is 4.80 Å². The van der Waals surface area contributed by atoms with Crippen molar-refractivity contribution >= 4 is 23.4 Å². The lowest BCUT2D eigenvalue weighted by Crippen LogP contribution is -2.39. The van der Waals surface area contributed by atoms with Crippen LogP contribution in [0.15, 0.2) is 51.4 Å². The smallest absolute Gasteiger partial charge is 0.338 e. The van der Waals surface area contributed by atoms with Crippen molar-refractivity contribution in [2.75, 3.05) is 13.7 Å². The van der Waals surface area contributed by atoms with Gasteiger partial charge >= 0.3 is 5.97 Å². The molecule has 0 aliphatic carbocycles. The molecule has 172 valence electrons. The van der Waals surface area contributed by atoms with Gasteiger partial charge in [-0.05, 0) is 63.1 Å². The van der Waals surface area contributed by atoms with Crippen molar-refractivity contribution < 1.29 is 14.3 Å². The zero-order valence-electron chi connectivity index (χ0n) is 19.6. The highest BCUT2D eigenvalue weighted by molar-refractivity contribution is 7.07. The van der Waals surface area contributed by atoms with Crippen LogP contribution in [-0.4, -0.2) is 28.8 Å². The van der Waals surface area contributed by atoms with E-state index >= 15 is 0 Å². The van der Waals surface area contributed by atoms with E-state index in [9.17, 15) is 9.59 Å². The number of aryl methyl sites for hydroxylation is 1. The molecule has 0 amide bonds. The second-order valence-electron chi connectivity index (χ2n) is 7.96. The number of fused-ring (bicyclic) bond motifs is 1. The Morgan fingerprint density at radius 1 is 1.24 bits per heavy atom. The van der Waals surface area contributed by atoms with Crippen LogP contribution in [0.3, 0.4) is 0 Å². The second kappa shape index (κ2) is 8.86. The predicted molar refractivity (Wildman–Crippen MR) is 128 cm³/mol. The number of nitrogens with zero attached hydrogens (tertiary/aromatic N) is 3. The molecule has 0 spiro atoms. The summed E-state index contributed by atoms with van der Waals surface area (Å²) in [4.78, 5) is 31.8. The molecule has 4 rings (SSSR count). The summed E-state index contributed by atoms with van der Waals surface area (Å²) in [6, 6.07) is 8.79. The summed E-state index contributed by atoms with van der Waals surface area (Å²) in [7, 11) is 3.59. The zero-order valence-corrected chi connectivity index (χ0v) is 20.4. The normalized spacial score (nSPS) is 15.9. The highest BCUT2D eigenvalue weighted by atomic mass is 32.1. The molecule has 0 N–H and O–H groups in total. The van der Waals surface area contributed by atoms with Gasteiger partial charge in [-0.3, -0.25) is 9.36 Å². The van der Waals surface area contributed by atoms with Crippen LogP contribution in [0.25, 0.3) is 6.08 Å². The minimum absolute atomic E-state index is 0.193. The van der Waals surface area contributed by atoms with E-state index in [2.05, 4.69) is 15.6 Å². The van der Waals surface area contributed by atoms with Crippen LogP contribution in [0.5, 0.6) is 5.75 Å². The molecule has 3 heterocycles. The summed E-state index contributed by atoms with van der Waals surface area (Å²) in [6.45, 7) is 7.83. The minimum atomic E-state index is -0.656. The summed E-state index contributed by atoms with van der Waals surface area (Å²) in [5, 5.41) is 0. The van der Waals surface area contributed by atoms with E-state index in [4.69, 9.17) is 9.47 Å². The lowest BCUT2D eigenvalue weighted by Gasteiger charge is -2.25. The summed E-state index contributed by atoms with van der Waals surface area (Å²) in [5.41, 5.74) is 4.64. The van der Waals surface area contributed by atoms with Crippen LogP contribution in [0.4, 0.5) is 0 Å². The number of methoxy groups -OCH3 is 1. The first kappa shape index (κ1) is 22.8. The molecule has 1 aliphatic rings. The summed E-state index contributed by atoms with van der Waals surface area (Å²) < 4.78 is 15.0. The molecule has 0 saturated carbocycles. The number of allylic oxidation sites excluding steroid dienone is 1. The molecule has 8 heteroatoms. The quantitative estimate of drug-likeness (QED) is 0.543. The Labute approximate surface area is 195 Å². The number of carbonyl (C=O) groups is 1. The van der Waals surface area contributed by atoms with Gasteiger partial charge in [-0.15, -0.1) is 0 Å². The Hall–Kier alpha value is -3.39. The standard InChI is InChI=1S/C25H27N3O4S/c1-7-32-24(30)21-15(3)26-25-28(22(21)17-9-8-10-19(12-17)31-6)23(29)20(33-25)13-18-11-14(2)27(5)16(18)4/h8-13,22H,7H2,1-6H3/b20-13+/t22-/m0/s1. The van der Waals surface area contributed by atoms with Crippen molar-refractivity contribution in [3.8, 4) is 5.75 Å². The average Bonchev–Trinajstić information content (AvgIpc) is 3.23. The maximum atomic E-state index is 13.7. The van der Waals surface area contributed by atoms with Gasteiger partial charge in [-0.1, -0.05) is 23.5 Å². The average molecular weight is 466 g/mol. The molecule has 0 radical (unpaired) electrons. The number of ether oxygens (including phenoxy) is 2. The van der Waals surface area contributed by atoms with E-state index in [1.54, 1.807) is 25.5 Å². The Morgan fingerprint density at radius 3 is 2.64 bits per heavy atom. The molecule has 0 bridgehead atoms. The van der Waals surface area contributed by atoms with Gasteiger partial charge in [0, 0.05) is 18.4 Å². The third-order valence-corrected chi connectivity index (χ3v) is 7.01. The van der Waals surface area contributed by atoms with Crippen molar-refractivity contribution in [2.24, 2.45) is 12.0 Å².